The highest BCUT2D eigenvalue weighted by molar-refractivity contribution is 5.95. The van der Waals surface area contributed by atoms with Gasteiger partial charge in [-0.25, -0.2) is 0 Å². The highest BCUT2D eigenvalue weighted by Crippen LogP contribution is 2.40. The van der Waals surface area contributed by atoms with Gasteiger partial charge in [-0.2, -0.15) is 13.2 Å². The predicted octanol–water partition coefficient (Wildman–Crippen LogP) is 6.09. The number of carbonyl (C=O) groups is 1. The Hall–Kier alpha value is -3.78. The molecule has 1 heterocycles. The summed E-state index contributed by atoms with van der Waals surface area (Å²) in [5, 5.41) is 9.13. The molecule has 5 nitrogen and oxygen atoms in total. The number of aliphatic carboxylic acids is 1. The second-order valence-corrected chi connectivity index (χ2v) is 8.04. The Bertz CT molecular complexity index is 1360. The zero-order valence-corrected chi connectivity index (χ0v) is 18.3. The van der Waals surface area contributed by atoms with Crippen LogP contribution in [0.15, 0.2) is 65.3 Å². The molecular formula is C26H22F3NO4. The highest BCUT2D eigenvalue weighted by atomic mass is 19.4. The number of fused-ring (bicyclic) bond motifs is 1. The van der Waals surface area contributed by atoms with E-state index in [0.29, 0.717) is 28.0 Å². The van der Waals surface area contributed by atoms with Crippen molar-refractivity contribution in [3.05, 3.63) is 88.7 Å². The molecule has 1 aromatic heterocycles. The molecule has 0 atom stereocenters. The van der Waals surface area contributed by atoms with E-state index in [1.165, 1.54) is 6.07 Å². The highest BCUT2D eigenvalue weighted by Gasteiger charge is 2.35. The molecule has 4 aromatic rings. The zero-order valence-electron chi connectivity index (χ0n) is 18.3. The molecule has 0 aliphatic carbocycles. The number of ether oxygens (including phenoxy) is 1. The summed E-state index contributed by atoms with van der Waals surface area (Å²) in [6.07, 6.45) is -4.11. The summed E-state index contributed by atoms with van der Waals surface area (Å²) in [6, 6.07) is 15.5. The average Bonchev–Trinajstić information content (AvgIpc) is 3.22. The molecule has 0 aliphatic heterocycles. The third-order valence-electron chi connectivity index (χ3n) is 5.47. The number of furan rings is 1. The van der Waals surface area contributed by atoms with Gasteiger partial charge in [0.25, 0.3) is 0 Å². The van der Waals surface area contributed by atoms with Gasteiger partial charge in [-0.05, 0) is 41.8 Å². The van der Waals surface area contributed by atoms with Crippen LogP contribution >= 0.6 is 0 Å². The fraction of sp³-hybridized carbons (Fsp3) is 0.192. The van der Waals surface area contributed by atoms with Crippen molar-refractivity contribution >= 4 is 16.9 Å². The molecule has 3 aromatic carbocycles. The van der Waals surface area contributed by atoms with Crippen molar-refractivity contribution in [2.24, 2.45) is 5.73 Å². The quantitative estimate of drug-likeness (QED) is 0.342. The van der Waals surface area contributed by atoms with Gasteiger partial charge in [-0.15, -0.1) is 0 Å². The molecule has 0 unspecified atom stereocenters. The molecular weight excluding hydrogens is 447 g/mol. The van der Waals surface area contributed by atoms with Crippen LogP contribution in [-0.2, 0) is 30.5 Å². The molecule has 176 valence electrons. The maximum atomic E-state index is 13.6. The second-order valence-electron chi connectivity index (χ2n) is 8.04. The average molecular weight is 469 g/mol. The van der Waals surface area contributed by atoms with Crippen LogP contribution in [0.3, 0.4) is 0 Å². The van der Waals surface area contributed by atoms with Crippen molar-refractivity contribution in [3.63, 3.8) is 0 Å². The third kappa shape index (κ3) is 4.92. The molecule has 0 amide bonds. The number of nitrogens with two attached hydrogens (primary N) is 1. The fourth-order valence-corrected chi connectivity index (χ4v) is 3.86. The predicted molar refractivity (Wildman–Crippen MR) is 121 cm³/mol. The number of hydrogen-bond acceptors (Lipinski definition) is 4. The van der Waals surface area contributed by atoms with Crippen molar-refractivity contribution in [3.8, 4) is 16.9 Å². The van der Waals surface area contributed by atoms with E-state index >= 15 is 0 Å². The number of rotatable bonds is 7. The lowest BCUT2D eigenvalue weighted by molar-refractivity contribution is -0.137. The summed E-state index contributed by atoms with van der Waals surface area (Å²) in [5.41, 5.74) is 8.81. The van der Waals surface area contributed by atoms with Gasteiger partial charge >= 0.3 is 12.1 Å². The number of carboxylic acids is 1. The molecule has 0 aliphatic rings. The first-order chi connectivity index (χ1) is 16.2. The largest absolute Gasteiger partial charge is 0.489 e. The SMILES string of the molecule is Cc1cccc(-c2cc(COc3cc(CN)ccc3CC(=O)O)cc3c(C(F)(F)F)coc23)c1. The Kier molecular flexibility index (Phi) is 6.34. The summed E-state index contributed by atoms with van der Waals surface area (Å²) in [4.78, 5) is 11.2. The molecule has 0 spiro atoms. The first-order valence-electron chi connectivity index (χ1n) is 10.5. The van der Waals surface area contributed by atoms with Gasteiger partial charge in [0.15, 0.2) is 0 Å². The van der Waals surface area contributed by atoms with Crippen LogP contribution in [-0.4, -0.2) is 11.1 Å². The number of halogens is 3. The maximum Gasteiger partial charge on any atom is 0.420 e. The Morgan fingerprint density at radius 2 is 1.88 bits per heavy atom. The Labute approximate surface area is 193 Å². The zero-order chi connectivity index (χ0) is 24.5. The standard InChI is InChI=1S/C26H22F3NO4/c1-15-3-2-4-18(7-15)20-8-17(9-21-22(26(27,28)29)14-34-25(20)21)13-33-23-10-16(12-30)5-6-19(23)11-24(31)32/h2-10,14H,11-13,30H2,1H3,(H,31,32). The van der Waals surface area contributed by atoms with E-state index in [2.05, 4.69) is 0 Å². The van der Waals surface area contributed by atoms with Gasteiger partial charge < -0.3 is 20.0 Å². The molecule has 4 rings (SSSR count). The lowest BCUT2D eigenvalue weighted by Gasteiger charge is -2.14. The van der Waals surface area contributed by atoms with Gasteiger partial charge in [0.05, 0.1) is 6.42 Å². The van der Waals surface area contributed by atoms with E-state index in [4.69, 9.17) is 14.9 Å². The van der Waals surface area contributed by atoms with E-state index in [-0.39, 0.29) is 30.5 Å². The lowest BCUT2D eigenvalue weighted by atomic mass is 9.98. The van der Waals surface area contributed by atoms with Gasteiger partial charge in [0.2, 0.25) is 0 Å². The van der Waals surface area contributed by atoms with Crippen LogP contribution < -0.4 is 10.5 Å². The van der Waals surface area contributed by atoms with Crippen molar-refractivity contribution < 1.29 is 32.2 Å². The van der Waals surface area contributed by atoms with E-state index < -0.39 is 17.7 Å². The summed E-state index contributed by atoms with van der Waals surface area (Å²) >= 11 is 0. The van der Waals surface area contributed by atoms with Crippen molar-refractivity contribution in [2.75, 3.05) is 0 Å². The normalized spacial score (nSPS) is 11.7. The van der Waals surface area contributed by atoms with Crippen LogP contribution in [0.2, 0.25) is 0 Å². The molecule has 0 fully saturated rings. The smallest absolute Gasteiger partial charge is 0.420 e. The minimum Gasteiger partial charge on any atom is -0.489 e. The van der Waals surface area contributed by atoms with Gasteiger partial charge in [-0.3, -0.25) is 4.79 Å². The first-order valence-corrected chi connectivity index (χ1v) is 10.5. The number of benzene rings is 3. The van der Waals surface area contributed by atoms with Crippen LogP contribution in [0.25, 0.3) is 22.1 Å². The monoisotopic (exact) mass is 469 g/mol. The van der Waals surface area contributed by atoms with Crippen LogP contribution in [0, 0.1) is 6.92 Å². The first kappa shape index (κ1) is 23.4. The summed E-state index contributed by atoms with van der Waals surface area (Å²) in [6.45, 7) is 2.06. The van der Waals surface area contributed by atoms with Crippen molar-refractivity contribution in [2.45, 2.75) is 32.7 Å². The number of aryl methyl sites for hydroxylation is 1. The van der Waals surface area contributed by atoms with Crippen LogP contribution in [0.4, 0.5) is 13.2 Å². The van der Waals surface area contributed by atoms with Gasteiger partial charge in [-0.1, -0.05) is 42.0 Å². The Morgan fingerprint density at radius 3 is 2.56 bits per heavy atom. The molecule has 0 saturated heterocycles. The molecule has 8 heteroatoms. The second kappa shape index (κ2) is 9.23. The summed E-state index contributed by atoms with van der Waals surface area (Å²) < 4.78 is 52.2. The summed E-state index contributed by atoms with van der Waals surface area (Å²) in [7, 11) is 0. The van der Waals surface area contributed by atoms with E-state index in [0.717, 1.165) is 17.4 Å². The minimum absolute atomic E-state index is 0.0634. The van der Waals surface area contributed by atoms with E-state index in [1.807, 2.05) is 25.1 Å². The molecule has 0 saturated carbocycles. The van der Waals surface area contributed by atoms with Crippen molar-refractivity contribution in [1.82, 2.24) is 0 Å². The minimum atomic E-state index is -4.58. The van der Waals surface area contributed by atoms with E-state index in [9.17, 15) is 23.1 Å². The van der Waals surface area contributed by atoms with Crippen LogP contribution in [0.1, 0.15) is 27.8 Å². The maximum absolute atomic E-state index is 13.6. The third-order valence-corrected chi connectivity index (χ3v) is 5.47. The van der Waals surface area contributed by atoms with Gasteiger partial charge in [0.1, 0.15) is 29.8 Å². The number of alkyl halides is 3. The molecule has 0 bridgehead atoms. The molecule has 34 heavy (non-hydrogen) atoms. The Morgan fingerprint density at radius 1 is 1.09 bits per heavy atom. The van der Waals surface area contributed by atoms with Gasteiger partial charge in [0, 0.05) is 23.1 Å². The van der Waals surface area contributed by atoms with E-state index in [1.54, 1.807) is 30.3 Å². The van der Waals surface area contributed by atoms with Crippen LogP contribution in [0.5, 0.6) is 5.75 Å². The molecule has 0 radical (unpaired) electrons. The topological polar surface area (TPSA) is 85.7 Å². The lowest BCUT2D eigenvalue weighted by Crippen LogP contribution is -2.06. The fourth-order valence-electron chi connectivity index (χ4n) is 3.86. The molecule has 3 N–H and O–H groups in total. The number of hydrogen-bond donors (Lipinski definition) is 2. The summed E-state index contributed by atoms with van der Waals surface area (Å²) in [5.74, 6) is -0.701. The number of carboxylic acid groups (broad SMARTS) is 1. The Balaban J connectivity index is 1.78. The van der Waals surface area contributed by atoms with Crippen molar-refractivity contribution in [1.29, 1.82) is 0 Å².